The molecule has 2 rings (SSSR count). The summed E-state index contributed by atoms with van der Waals surface area (Å²) in [5.74, 6) is 1.01. The van der Waals surface area contributed by atoms with Crippen LogP contribution in [0.25, 0.3) is 0 Å². The van der Waals surface area contributed by atoms with E-state index < -0.39 is 0 Å². The molecule has 4 heteroatoms. The van der Waals surface area contributed by atoms with Gasteiger partial charge in [0, 0.05) is 18.7 Å². The minimum atomic E-state index is 0.190. The van der Waals surface area contributed by atoms with Crippen LogP contribution in [-0.4, -0.2) is 30.0 Å². The maximum absolute atomic E-state index is 12.1. The van der Waals surface area contributed by atoms with Crippen molar-refractivity contribution in [3.8, 4) is 0 Å². The Kier molecular flexibility index (Phi) is 6.55. The second-order valence-electron chi connectivity index (χ2n) is 4.59. The molecule has 1 aromatic carbocycles. The van der Waals surface area contributed by atoms with Crippen LogP contribution in [0, 0.1) is 5.92 Å². The second kappa shape index (κ2) is 8.22. The molecule has 0 aliphatic carbocycles. The SMILES string of the molecule is CCC1CCN(C(=O)c2ccccc2)CC1.O=C=O. The third-order valence-electron chi connectivity index (χ3n) is 3.50. The summed E-state index contributed by atoms with van der Waals surface area (Å²) in [6, 6.07) is 9.58. The summed E-state index contributed by atoms with van der Waals surface area (Å²) in [6.07, 6.45) is 3.82. The Bertz CT molecular complexity index is 416. The van der Waals surface area contributed by atoms with Crippen LogP contribution in [0.1, 0.15) is 36.5 Å². The van der Waals surface area contributed by atoms with Crippen LogP contribution in [0.3, 0.4) is 0 Å². The van der Waals surface area contributed by atoms with Crippen LogP contribution in [0.2, 0.25) is 0 Å². The Balaban J connectivity index is 0.000000550. The van der Waals surface area contributed by atoms with Gasteiger partial charge in [0.25, 0.3) is 5.91 Å². The van der Waals surface area contributed by atoms with Crippen molar-refractivity contribution in [1.29, 1.82) is 0 Å². The monoisotopic (exact) mass is 261 g/mol. The number of hydrogen-bond donors (Lipinski definition) is 0. The highest BCUT2D eigenvalue weighted by atomic mass is 16.2. The van der Waals surface area contributed by atoms with Crippen LogP contribution in [0.4, 0.5) is 0 Å². The molecule has 0 unspecified atom stereocenters. The largest absolute Gasteiger partial charge is 0.373 e. The van der Waals surface area contributed by atoms with Crippen LogP contribution in [0.5, 0.6) is 0 Å². The predicted molar refractivity (Wildman–Crippen MR) is 70.4 cm³/mol. The van der Waals surface area contributed by atoms with Gasteiger partial charge < -0.3 is 4.90 Å². The van der Waals surface area contributed by atoms with Gasteiger partial charge in [-0.25, -0.2) is 0 Å². The zero-order valence-electron chi connectivity index (χ0n) is 11.2. The van der Waals surface area contributed by atoms with E-state index in [1.165, 1.54) is 6.42 Å². The van der Waals surface area contributed by atoms with E-state index in [4.69, 9.17) is 9.59 Å². The molecule has 0 bridgehead atoms. The fourth-order valence-corrected chi connectivity index (χ4v) is 2.31. The number of nitrogens with zero attached hydrogens (tertiary/aromatic N) is 1. The van der Waals surface area contributed by atoms with Gasteiger partial charge in [0.2, 0.25) is 0 Å². The first-order valence-corrected chi connectivity index (χ1v) is 6.56. The van der Waals surface area contributed by atoms with E-state index in [0.29, 0.717) is 0 Å². The van der Waals surface area contributed by atoms with Crippen LogP contribution in [-0.2, 0) is 9.59 Å². The lowest BCUT2D eigenvalue weighted by Crippen LogP contribution is -2.38. The maximum Gasteiger partial charge on any atom is 0.373 e. The molecule has 1 aromatic rings. The van der Waals surface area contributed by atoms with E-state index in [-0.39, 0.29) is 12.1 Å². The Morgan fingerprint density at radius 3 is 2.21 bits per heavy atom. The Morgan fingerprint density at radius 2 is 1.74 bits per heavy atom. The molecule has 1 saturated heterocycles. The molecule has 1 aliphatic rings. The molecule has 0 saturated carbocycles. The molecule has 1 aliphatic heterocycles. The number of carbonyl (C=O) groups is 1. The summed E-state index contributed by atoms with van der Waals surface area (Å²) in [5.41, 5.74) is 0.817. The zero-order valence-corrected chi connectivity index (χ0v) is 11.2. The molecule has 0 radical (unpaired) electrons. The lowest BCUT2D eigenvalue weighted by atomic mass is 9.94. The molecular weight excluding hydrogens is 242 g/mol. The molecule has 4 nitrogen and oxygen atoms in total. The van der Waals surface area contributed by atoms with E-state index >= 15 is 0 Å². The smallest absolute Gasteiger partial charge is 0.339 e. The first kappa shape index (κ1) is 15.1. The number of carbonyl (C=O) groups excluding carboxylic acids is 3. The third-order valence-corrected chi connectivity index (χ3v) is 3.50. The van der Waals surface area contributed by atoms with Crippen molar-refractivity contribution >= 4 is 12.1 Å². The fraction of sp³-hybridized carbons (Fsp3) is 0.467. The average Bonchev–Trinajstić information content (AvgIpc) is 2.48. The molecular formula is C15H19NO3. The van der Waals surface area contributed by atoms with Gasteiger partial charge >= 0.3 is 6.15 Å². The summed E-state index contributed by atoms with van der Waals surface area (Å²) in [6.45, 7) is 4.08. The minimum absolute atomic E-state index is 0.190. The second-order valence-corrected chi connectivity index (χ2v) is 4.59. The molecule has 0 aromatic heterocycles. The van der Waals surface area contributed by atoms with Gasteiger partial charge in [0.15, 0.2) is 0 Å². The zero-order chi connectivity index (χ0) is 14.1. The van der Waals surface area contributed by atoms with Crippen molar-refractivity contribution in [3.05, 3.63) is 35.9 Å². The van der Waals surface area contributed by atoms with Gasteiger partial charge in [0.05, 0.1) is 0 Å². The van der Waals surface area contributed by atoms with E-state index in [2.05, 4.69) is 6.92 Å². The van der Waals surface area contributed by atoms with Gasteiger partial charge in [0.1, 0.15) is 0 Å². The number of amides is 1. The van der Waals surface area contributed by atoms with Gasteiger partial charge in [-0.15, -0.1) is 0 Å². The topological polar surface area (TPSA) is 54.5 Å². The van der Waals surface area contributed by atoms with Crippen molar-refractivity contribution in [2.24, 2.45) is 5.92 Å². The number of piperidine rings is 1. The Labute approximate surface area is 113 Å². The van der Waals surface area contributed by atoms with Crippen molar-refractivity contribution < 1.29 is 14.4 Å². The summed E-state index contributed by atoms with van der Waals surface area (Å²) in [7, 11) is 0. The van der Waals surface area contributed by atoms with E-state index in [9.17, 15) is 4.79 Å². The van der Waals surface area contributed by atoms with Gasteiger partial charge in [-0.1, -0.05) is 31.5 Å². The minimum Gasteiger partial charge on any atom is -0.339 e. The number of hydrogen-bond acceptors (Lipinski definition) is 3. The van der Waals surface area contributed by atoms with Crippen LogP contribution < -0.4 is 0 Å². The molecule has 0 N–H and O–H groups in total. The molecule has 1 fully saturated rings. The van der Waals surface area contributed by atoms with Crippen molar-refractivity contribution in [1.82, 2.24) is 4.90 Å². The van der Waals surface area contributed by atoms with E-state index in [1.807, 2.05) is 35.2 Å². The highest BCUT2D eigenvalue weighted by Crippen LogP contribution is 2.21. The number of benzene rings is 1. The first-order valence-electron chi connectivity index (χ1n) is 6.56. The summed E-state index contributed by atoms with van der Waals surface area (Å²) in [5, 5.41) is 0. The fourth-order valence-electron chi connectivity index (χ4n) is 2.31. The van der Waals surface area contributed by atoms with Gasteiger partial charge in [-0.2, -0.15) is 9.59 Å². The predicted octanol–water partition coefficient (Wildman–Crippen LogP) is 2.37. The Hall–Kier alpha value is -1.93. The Morgan fingerprint density at radius 1 is 1.21 bits per heavy atom. The van der Waals surface area contributed by atoms with E-state index in [0.717, 1.165) is 37.4 Å². The van der Waals surface area contributed by atoms with Crippen molar-refractivity contribution in [2.45, 2.75) is 26.2 Å². The first-order chi connectivity index (χ1) is 9.22. The van der Waals surface area contributed by atoms with E-state index in [1.54, 1.807) is 0 Å². The van der Waals surface area contributed by atoms with Crippen LogP contribution in [0.15, 0.2) is 30.3 Å². The average molecular weight is 261 g/mol. The normalized spacial score (nSPS) is 15.1. The molecule has 102 valence electrons. The standard InChI is InChI=1S/C14H19NO.CO2/c1-2-12-8-10-15(11-9-12)14(16)13-6-4-3-5-7-13;2-1-3/h3-7,12H,2,8-11H2,1H3;. The highest BCUT2D eigenvalue weighted by molar-refractivity contribution is 5.94. The molecule has 1 heterocycles. The molecule has 0 atom stereocenters. The number of rotatable bonds is 2. The molecule has 19 heavy (non-hydrogen) atoms. The van der Waals surface area contributed by atoms with Gasteiger partial charge in [-0.05, 0) is 30.9 Å². The quantitative estimate of drug-likeness (QED) is 0.821. The molecule has 1 amide bonds. The van der Waals surface area contributed by atoms with Crippen molar-refractivity contribution in [2.75, 3.05) is 13.1 Å². The summed E-state index contributed by atoms with van der Waals surface area (Å²) in [4.78, 5) is 30.4. The summed E-state index contributed by atoms with van der Waals surface area (Å²) < 4.78 is 0. The highest BCUT2D eigenvalue weighted by Gasteiger charge is 2.22. The summed E-state index contributed by atoms with van der Waals surface area (Å²) >= 11 is 0. The lowest BCUT2D eigenvalue weighted by Gasteiger charge is -2.31. The third kappa shape index (κ3) is 4.68. The maximum atomic E-state index is 12.1. The van der Waals surface area contributed by atoms with Crippen LogP contribution >= 0.6 is 0 Å². The molecule has 0 spiro atoms. The number of likely N-dealkylation sites (tertiary alicyclic amines) is 1. The van der Waals surface area contributed by atoms with Gasteiger partial charge in [-0.3, -0.25) is 4.79 Å². The van der Waals surface area contributed by atoms with Crippen molar-refractivity contribution in [3.63, 3.8) is 0 Å². The lowest BCUT2D eigenvalue weighted by molar-refractivity contribution is -0.191.